The molecule has 0 amide bonds. The second-order valence-electron chi connectivity index (χ2n) is 3.79. The number of nitrogens with zero attached hydrogens (tertiary/aromatic N) is 2. The summed E-state index contributed by atoms with van der Waals surface area (Å²) in [7, 11) is 0. The molecule has 0 bridgehead atoms. The molecule has 2 nitrogen and oxygen atoms in total. The van der Waals surface area contributed by atoms with Gasteiger partial charge in [-0.25, -0.2) is 13.8 Å². The van der Waals surface area contributed by atoms with Gasteiger partial charge < -0.3 is 4.90 Å². The van der Waals surface area contributed by atoms with E-state index >= 15 is 0 Å². The number of hydrogen-bond donors (Lipinski definition) is 0. The Balaban J connectivity index is 2.92. The van der Waals surface area contributed by atoms with E-state index in [0.717, 1.165) is 24.0 Å². The van der Waals surface area contributed by atoms with Gasteiger partial charge in [0.05, 0.1) is 6.20 Å². The van der Waals surface area contributed by atoms with Crippen LogP contribution in [0.3, 0.4) is 0 Å². The first-order valence-corrected chi connectivity index (χ1v) is 6.32. The van der Waals surface area contributed by atoms with Crippen molar-refractivity contribution < 1.29 is 8.78 Å². The molecule has 16 heavy (non-hydrogen) atoms. The average molecular weight is 293 g/mol. The highest BCUT2D eigenvalue weighted by atomic mass is 79.9. The molecule has 0 saturated heterocycles. The molecule has 0 aliphatic rings. The van der Waals surface area contributed by atoms with Crippen molar-refractivity contribution in [3.05, 3.63) is 23.9 Å². The minimum atomic E-state index is -0.648. The van der Waals surface area contributed by atoms with E-state index in [1.54, 1.807) is 0 Å². The molecule has 0 saturated carbocycles. The van der Waals surface area contributed by atoms with Crippen LogP contribution in [0.15, 0.2) is 12.3 Å². The number of halogens is 3. The zero-order valence-electron chi connectivity index (χ0n) is 9.38. The van der Waals surface area contributed by atoms with Gasteiger partial charge in [0.1, 0.15) is 5.82 Å². The normalized spacial score (nSPS) is 10.9. The van der Waals surface area contributed by atoms with E-state index in [9.17, 15) is 8.78 Å². The predicted octanol–water partition coefficient (Wildman–Crippen LogP) is 3.36. The van der Waals surface area contributed by atoms with Gasteiger partial charge >= 0.3 is 0 Å². The highest BCUT2D eigenvalue weighted by Crippen LogP contribution is 2.19. The monoisotopic (exact) mass is 292 g/mol. The molecule has 90 valence electrons. The maximum atomic E-state index is 13.5. The van der Waals surface area contributed by atoms with E-state index in [0.29, 0.717) is 6.54 Å². The van der Waals surface area contributed by atoms with E-state index in [-0.39, 0.29) is 11.9 Å². The van der Waals surface area contributed by atoms with Crippen molar-refractivity contribution >= 4 is 21.7 Å². The second-order valence-corrected chi connectivity index (χ2v) is 4.58. The quantitative estimate of drug-likeness (QED) is 0.774. The fourth-order valence-corrected chi connectivity index (χ4v) is 1.71. The lowest BCUT2D eigenvalue weighted by Gasteiger charge is -2.27. The van der Waals surface area contributed by atoms with Crippen molar-refractivity contribution in [3.8, 4) is 0 Å². The summed E-state index contributed by atoms with van der Waals surface area (Å²) in [5, 5.41) is 0.846. The van der Waals surface area contributed by atoms with Gasteiger partial charge in [-0.15, -0.1) is 0 Å². The molecular weight excluding hydrogens is 278 g/mol. The van der Waals surface area contributed by atoms with Crippen LogP contribution in [0.1, 0.15) is 20.3 Å². The molecule has 1 rings (SSSR count). The van der Waals surface area contributed by atoms with E-state index in [1.807, 2.05) is 18.7 Å². The average Bonchev–Trinajstić information content (AvgIpc) is 2.20. The number of hydrogen-bond acceptors (Lipinski definition) is 2. The first-order valence-electron chi connectivity index (χ1n) is 5.20. The van der Waals surface area contributed by atoms with Gasteiger partial charge in [0.25, 0.3) is 0 Å². The molecule has 1 aromatic rings. The summed E-state index contributed by atoms with van der Waals surface area (Å²) in [6, 6.07) is 0.998. The molecule has 0 aliphatic carbocycles. The van der Waals surface area contributed by atoms with E-state index in [2.05, 4.69) is 20.9 Å². The molecule has 0 unspecified atom stereocenters. The molecule has 0 radical (unpaired) electrons. The fraction of sp³-hybridized carbons (Fsp3) is 0.545. The summed E-state index contributed by atoms with van der Waals surface area (Å²) in [5.74, 6) is -1.04. The Hall–Kier alpha value is -0.710. The van der Waals surface area contributed by atoms with Gasteiger partial charge in [-0.2, -0.15) is 0 Å². The third kappa shape index (κ3) is 3.40. The van der Waals surface area contributed by atoms with Gasteiger partial charge in [0.2, 0.25) is 0 Å². The first kappa shape index (κ1) is 13.4. The van der Waals surface area contributed by atoms with Crippen LogP contribution >= 0.6 is 15.9 Å². The minimum absolute atomic E-state index is 0.131. The zero-order valence-corrected chi connectivity index (χ0v) is 11.0. The summed E-state index contributed by atoms with van der Waals surface area (Å²) >= 11 is 3.33. The van der Waals surface area contributed by atoms with Crippen molar-refractivity contribution in [2.75, 3.05) is 16.8 Å². The maximum absolute atomic E-state index is 13.5. The molecule has 0 aliphatic heterocycles. The van der Waals surface area contributed by atoms with Crippen LogP contribution in [0.4, 0.5) is 14.6 Å². The predicted molar refractivity (Wildman–Crippen MR) is 65.0 cm³/mol. The maximum Gasteiger partial charge on any atom is 0.168 e. The summed E-state index contributed by atoms with van der Waals surface area (Å²) < 4.78 is 26.3. The van der Waals surface area contributed by atoms with Crippen molar-refractivity contribution in [3.63, 3.8) is 0 Å². The van der Waals surface area contributed by atoms with E-state index < -0.39 is 11.6 Å². The van der Waals surface area contributed by atoms with Gasteiger partial charge in [-0.05, 0) is 20.3 Å². The first-order chi connectivity index (χ1) is 7.56. The topological polar surface area (TPSA) is 16.1 Å². The molecule has 0 fully saturated rings. The Morgan fingerprint density at radius 2 is 2.12 bits per heavy atom. The second kappa shape index (κ2) is 6.13. The Morgan fingerprint density at radius 3 is 2.62 bits per heavy atom. The summed E-state index contributed by atoms with van der Waals surface area (Å²) in [6.45, 7) is 4.61. The van der Waals surface area contributed by atoms with Crippen molar-refractivity contribution in [1.82, 2.24) is 4.98 Å². The lowest BCUT2D eigenvalue weighted by molar-refractivity contribution is 0.556. The molecular formula is C11H15BrF2N2. The number of anilines is 1. The summed E-state index contributed by atoms with van der Waals surface area (Å²) in [5.41, 5.74) is 0. The largest absolute Gasteiger partial charge is 0.352 e. The number of alkyl halides is 1. The third-order valence-electron chi connectivity index (χ3n) is 2.22. The zero-order chi connectivity index (χ0) is 12.1. The molecule has 0 atom stereocenters. The number of rotatable bonds is 5. The van der Waals surface area contributed by atoms with Crippen LogP contribution in [0.5, 0.6) is 0 Å². The Morgan fingerprint density at radius 1 is 1.44 bits per heavy atom. The van der Waals surface area contributed by atoms with Gasteiger partial charge in [0, 0.05) is 24.0 Å². The van der Waals surface area contributed by atoms with Crippen LogP contribution in [0.25, 0.3) is 0 Å². The van der Waals surface area contributed by atoms with Crippen molar-refractivity contribution in [2.24, 2.45) is 0 Å². The Labute approximate surface area is 103 Å². The van der Waals surface area contributed by atoms with Crippen molar-refractivity contribution in [1.29, 1.82) is 0 Å². The fourth-order valence-electron chi connectivity index (χ4n) is 1.46. The number of aromatic nitrogens is 1. The molecule has 0 aromatic carbocycles. The molecule has 5 heteroatoms. The van der Waals surface area contributed by atoms with Gasteiger partial charge in [0.15, 0.2) is 11.6 Å². The summed E-state index contributed by atoms with van der Waals surface area (Å²) in [6.07, 6.45) is 1.93. The molecule has 0 N–H and O–H groups in total. The van der Waals surface area contributed by atoms with Crippen LogP contribution in [-0.4, -0.2) is 22.9 Å². The van der Waals surface area contributed by atoms with Gasteiger partial charge in [-0.3, -0.25) is 0 Å². The van der Waals surface area contributed by atoms with Gasteiger partial charge in [-0.1, -0.05) is 15.9 Å². The van der Waals surface area contributed by atoms with Crippen molar-refractivity contribution in [2.45, 2.75) is 26.3 Å². The molecule has 1 aromatic heterocycles. The third-order valence-corrected chi connectivity index (χ3v) is 2.78. The lowest BCUT2D eigenvalue weighted by atomic mass is 10.2. The SMILES string of the molecule is CC(C)N(CCCBr)c1ncc(F)cc1F. The minimum Gasteiger partial charge on any atom is -0.352 e. The van der Waals surface area contributed by atoms with Crippen LogP contribution < -0.4 is 4.90 Å². The van der Waals surface area contributed by atoms with Crippen LogP contribution in [0.2, 0.25) is 0 Å². The standard InChI is InChI=1S/C11H15BrF2N2/c1-8(2)16(5-3-4-12)11-10(14)6-9(13)7-15-11/h6-8H,3-5H2,1-2H3. The molecule has 0 spiro atoms. The van der Waals surface area contributed by atoms with Crippen LogP contribution in [0, 0.1) is 11.6 Å². The Bertz CT molecular complexity index is 345. The van der Waals surface area contributed by atoms with Crippen LogP contribution in [-0.2, 0) is 0 Å². The highest BCUT2D eigenvalue weighted by molar-refractivity contribution is 9.09. The van der Waals surface area contributed by atoms with E-state index in [4.69, 9.17) is 0 Å². The lowest BCUT2D eigenvalue weighted by Crippen LogP contribution is -2.33. The highest BCUT2D eigenvalue weighted by Gasteiger charge is 2.16. The summed E-state index contributed by atoms with van der Waals surface area (Å²) in [4.78, 5) is 5.64. The molecule has 1 heterocycles. The van der Waals surface area contributed by atoms with E-state index in [1.165, 1.54) is 0 Å². The smallest absolute Gasteiger partial charge is 0.168 e. The number of pyridine rings is 1. The Kier molecular flexibility index (Phi) is 5.12.